The van der Waals surface area contributed by atoms with Crippen LogP contribution in [0.1, 0.15) is 45.1 Å². The van der Waals surface area contributed by atoms with Crippen molar-refractivity contribution in [3.8, 4) is 0 Å². The molecule has 138 valence electrons. The van der Waals surface area contributed by atoms with E-state index in [0.717, 1.165) is 36.0 Å². The maximum atomic E-state index is 12.8. The Morgan fingerprint density at radius 1 is 1.27 bits per heavy atom. The number of carbonyl (C=O) groups is 2. The largest absolute Gasteiger partial charge is 0.431 e. The average Bonchev–Trinajstić information content (AvgIpc) is 3.02. The number of rotatable bonds is 4. The van der Waals surface area contributed by atoms with Crippen molar-refractivity contribution in [1.82, 2.24) is 5.32 Å². The second-order valence-corrected chi connectivity index (χ2v) is 7.26. The van der Waals surface area contributed by atoms with Crippen molar-refractivity contribution in [2.24, 2.45) is 5.92 Å². The number of nitrogens with one attached hydrogen (secondary N) is 1. The van der Waals surface area contributed by atoms with Crippen molar-refractivity contribution >= 4 is 11.9 Å². The molecule has 0 heterocycles. The van der Waals surface area contributed by atoms with Crippen molar-refractivity contribution in [1.29, 1.82) is 0 Å². The lowest BCUT2D eigenvalue weighted by molar-refractivity contribution is -0.138. The number of benzene rings is 1. The molecule has 1 saturated carbocycles. The minimum Gasteiger partial charge on any atom is -0.431 e. The van der Waals surface area contributed by atoms with Crippen LogP contribution in [0.5, 0.6) is 0 Å². The Kier molecular flexibility index (Phi) is 5.28. The number of ether oxygens (including phenoxy) is 1. The van der Waals surface area contributed by atoms with Crippen molar-refractivity contribution in [3.63, 3.8) is 0 Å². The Labute approximate surface area is 153 Å². The van der Waals surface area contributed by atoms with Gasteiger partial charge in [0.25, 0.3) is 0 Å². The Hall–Kier alpha value is -2.40. The maximum absolute atomic E-state index is 12.8. The first-order valence-corrected chi connectivity index (χ1v) is 9.02. The molecule has 26 heavy (non-hydrogen) atoms. The third kappa shape index (κ3) is 4.05. The first-order chi connectivity index (χ1) is 12.4. The van der Waals surface area contributed by atoms with Crippen LogP contribution in [-0.2, 0) is 20.9 Å². The molecule has 2 N–H and O–H groups in total. The van der Waals surface area contributed by atoms with Crippen LogP contribution in [0.25, 0.3) is 0 Å². The predicted molar refractivity (Wildman–Crippen MR) is 97.7 cm³/mol. The first kappa shape index (κ1) is 18.4. The summed E-state index contributed by atoms with van der Waals surface area (Å²) in [7, 11) is 0. The van der Waals surface area contributed by atoms with Crippen molar-refractivity contribution in [3.05, 3.63) is 58.9 Å². The first-order valence-electron chi connectivity index (χ1n) is 9.02. The fourth-order valence-corrected chi connectivity index (χ4v) is 3.72. The van der Waals surface area contributed by atoms with Gasteiger partial charge >= 0.3 is 5.97 Å². The van der Waals surface area contributed by atoms with Gasteiger partial charge in [-0.15, -0.1) is 0 Å². The topological polar surface area (TPSA) is 75.6 Å². The zero-order valence-electron chi connectivity index (χ0n) is 15.2. The van der Waals surface area contributed by atoms with E-state index in [-0.39, 0.29) is 12.3 Å². The van der Waals surface area contributed by atoms with Crippen LogP contribution in [0.15, 0.2) is 53.3 Å². The maximum Gasteiger partial charge on any atom is 0.307 e. The summed E-state index contributed by atoms with van der Waals surface area (Å²) in [4.78, 5) is 24.3. The van der Waals surface area contributed by atoms with Crippen LogP contribution >= 0.6 is 0 Å². The fourth-order valence-electron chi connectivity index (χ4n) is 3.72. The summed E-state index contributed by atoms with van der Waals surface area (Å²) in [6.07, 6.45) is 4.61. The van der Waals surface area contributed by atoms with Gasteiger partial charge in [-0.3, -0.25) is 9.59 Å². The molecule has 0 unspecified atom stereocenters. The molecular formula is C21H25NO4. The van der Waals surface area contributed by atoms with Crippen LogP contribution in [0, 0.1) is 5.92 Å². The molecule has 5 nitrogen and oxygen atoms in total. The van der Waals surface area contributed by atoms with Gasteiger partial charge in [-0.1, -0.05) is 36.4 Å². The number of aliphatic hydroxyl groups is 1. The Morgan fingerprint density at radius 2 is 2.00 bits per heavy atom. The lowest BCUT2D eigenvalue weighted by Crippen LogP contribution is -2.44. The number of allylic oxidation sites excluding steroid dienone is 2. The molecule has 2 aliphatic rings. The average molecular weight is 355 g/mol. The Bertz CT molecular complexity index is 761. The molecule has 0 bridgehead atoms. The second-order valence-electron chi connectivity index (χ2n) is 7.26. The molecule has 0 radical (unpaired) electrons. The summed E-state index contributed by atoms with van der Waals surface area (Å²) in [6.45, 7) is 3.39. The van der Waals surface area contributed by atoms with Gasteiger partial charge < -0.3 is 15.2 Å². The van der Waals surface area contributed by atoms with Gasteiger partial charge in [0.15, 0.2) is 0 Å². The molecule has 1 amide bonds. The smallest absolute Gasteiger partial charge is 0.307 e. The molecule has 0 aromatic heterocycles. The minimum atomic E-state index is -1.32. The van der Waals surface area contributed by atoms with Crippen LogP contribution in [-0.4, -0.2) is 22.6 Å². The van der Waals surface area contributed by atoms with E-state index >= 15 is 0 Å². The van der Waals surface area contributed by atoms with Crippen LogP contribution < -0.4 is 5.32 Å². The standard InChI is InChI=1S/C21H25NO4/c1-14(23)26-19-12-21(2,25)18(11-16-9-6-10-17(16)19)20(24)22-13-15-7-4-3-5-8-15/h3-5,7-8,11,18,25H,6,9-10,12-13H2,1-2H3,(H,22,24)/t18-,21-/m0/s1. The number of esters is 1. The number of amides is 1. The number of hydrogen-bond donors (Lipinski definition) is 2. The van der Waals surface area contributed by atoms with E-state index < -0.39 is 17.5 Å². The summed E-state index contributed by atoms with van der Waals surface area (Å²) in [5, 5.41) is 13.9. The molecule has 1 aromatic rings. The molecule has 2 aliphatic carbocycles. The lowest BCUT2D eigenvalue weighted by atomic mass is 9.85. The van der Waals surface area contributed by atoms with Gasteiger partial charge in [0, 0.05) is 19.9 Å². The minimum absolute atomic E-state index is 0.144. The van der Waals surface area contributed by atoms with Crippen molar-refractivity contribution in [2.75, 3.05) is 0 Å². The molecule has 0 spiro atoms. The number of fused-ring (bicyclic) bond motifs is 1. The van der Waals surface area contributed by atoms with E-state index in [4.69, 9.17) is 4.74 Å². The molecule has 1 fully saturated rings. The van der Waals surface area contributed by atoms with Gasteiger partial charge in [0.2, 0.25) is 5.91 Å². The summed E-state index contributed by atoms with van der Waals surface area (Å²) in [5.74, 6) is -0.810. The van der Waals surface area contributed by atoms with Crippen LogP contribution in [0.2, 0.25) is 0 Å². The molecule has 0 aliphatic heterocycles. The molecular weight excluding hydrogens is 330 g/mol. The number of hydrogen-bond acceptors (Lipinski definition) is 4. The van der Waals surface area contributed by atoms with E-state index in [1.54, 1.807) is 6.92 Å². The quantitative estimate of drug-likeness (QED) is 0.814. The summed E-state index contributed by atoms with van der Waals surface area (Å²) in [6, 6.07) is 9.66. The van der Waals surface area contributed by atoms with Crippen LogP contribution in [0.3, 0.4) is 0 Å². The molecule has 3 rings (SSSR count). The monoisotopic (exact) mass is 355 g/mol. The van der Waals surface area contributed by atoms with Crippen molar-refractivity contribution < 1.29 is 19.4 Å². The highest BCUT2D eigenvalue weighted by atomic mass is 16.5. The highest BCUT2D eigenvalue weighted by molar-refractivity contribution is 5.82. The number of carbonyl (C=O) groups excluding carboxylic acids is 2. The van der Waals surface area contributed by atoms with Crippen molar-refractivity contribution in [2.45, 2.75) is 51.7 Å². The lowest BCUT2D eigenvalue weighted by Gasteiger charge is -2.29. The zero-order valence-corrected chi connectivity index (χ0v) is 15.2. The van der Waals surface area contributed by atoms with Gasteiger partial charge in [-0.2, -0.15) is 0 Å². The summed E-state index contributed by atoms with van der Waals surface area (Å²) in [5.41, 5.74) is 1.66. The molecule has 5 heteroatoms. The van der Waals surface area contributed by atoms with E-state index in [1.807, 2.05) is 36.4 Å². The molecule has 0 saturated heterocycles. The normalized spacial score (nSPS) is 25.2. The Morgan fingerprint density at radius 3 is 2.69 bits per heavy atom. The van der Waals surface area contributed by atoms with E-state index in [0.29, 0.717) is 12.3 Å². The fraction of sp³-hybridized carbons (Fsp3) is 0.429. The SMILES string of the molecule is CC(=O)OC1=C2CCCC2=C[C@@H](C(=O)NCc2ccccc2)[C@@](C)(O)C1. The van der Waals surface area contributed by atoms with E-state index in [1.165, 1.54) is 6.92 Å². The Balaban J connectivity index is 1.81. The molecule has 2 atom stereocenters. The predicted octanol–water partition coefficient (Wildman–Crippen LogP) is 3.00. The van der Waals surface area contributed by atoms with Crippen LogP contribution in [0.4, 0.5) is 0 Å². The summed E-state index contributed by atoms with van der Waals surface area (Å²) < 4.78 is 5.39. The third-order valence-corrected chi connectivity index (χ3v) is 5.01. The van der Waals surface area contributed by atoms with Gasteiger partial charge in [-0.25, -0.2) is 0 Å². The highest BCUT2D eigenvalue weighted by Gasteiger charge is 2.41. The van der Waals surface area contributed by atoms with Gasteiger partial charge in [0.1, 0.15) is 5.76 Å². The summed E-state index contributed by atoms with van der Waals surface area (Å²) >= 11 is 0. The van der Waals surface area contributed by atoms with Gasteiger partial charge in [0.05, 0.1) is 11.5 Å². The van der Waals surface area contributed by atoms with E-state index in [2.05, 4.69) is 5.32 Å². The zero-order chi connectivity index (χ0) is 18.7. The molecule has 1 aromatic carbocycles. The van der Waals surface area contributed by atoms with E-state index in [9.17, 15) is 14.7 Å². The van der Waals surface area contributed by atoms with Gasteiger partial charge in [-0.05, 0) is 42.9 Å². The highest BCUT2D eigenvalue weighted by Crippen LogP contribution is 2.42. The third-order valence-electron chi connectivity index (χ3n) is 5.01. The second kappa shape index (κ2) is 7.46.